The van der Waals surface area contributed by atoms with E-state index >= 15 is 0 Å². The lowest BCUT2D eigenvalue weighted by Gasteiger charge is -1.91. The number of carbonyl (C=O) groups excluding carboxylic acids is 1. The maximum Gasteiger partial charge on any atom is 0.178 e. The molecular weight excluding hydrogens is 126 g/mol. The van der Waals surface area contributed by atoms with Crippen LogP contribution in [0, 0.1) is 0 Å². The number of aromatic nitrogens is 1. The summed E-state index contributed by atoms with van der Waals surface area (Å²) in [5.41, 5.74) is 0.724. The molecule has 0 bridgehead atoms. The molecule has 0 fully saturated rings. The minimum absolute atomic E-state index is 0.201. The smallest absolute Gasteiger partial charge is 0.178 e. The van der Waals surface area contributed by atoms with Crippen molar-refractivity contribution in [3.8, 4) is 0 Å². The molecule has 1 aromatic heterocycles. The average Bonchev–Trinajstić information content (AvgIpc) is 2.38. The van der Waals surface area contributed by atoms with Crippen LogP contribution in [0.25, 0.3) is 0 Å². The molecule has 0 amide bonds. The molecule has 0 atom stereocenters. The van der Waals surface area contributed by atoms with Crippen LogP contribution in [0.5, 0.6) is 0 Å². The van der Waals surface area contributed by atoms with Gasteiger partial charge in [0.1, 0.15) is 0 Å². The van der Waals surface area contributed by atoms with Crippen LogP contribution >= 0.6 is 0 Å². The van der Waals surface area contributed by atoms with Crippen LogP contribution in [0.2, 0.25) is 0 Å². The van der Waals surface area contributed by atoms with Crippen LogP contribution in [0.15, 0.2) is 18.3 Å². The minimum Gasteiger partial charge on any atom is -0.359 e. The summed E-state index contributed by atoms with van der Waals surface area (Å²) in [6.45, 7) is 2.00. The van der Waals surface area contributed by atoms with E-state index < -0.39 is 0 Å². The molecule has 1 rings (SSSR count). The van der Waals surface area contributed by atoms with Gasteiger partial charge < -0.3 is 4.98 Å². The lowest BCUT2D eigenvalue weighted by atomic mass is 10.2. The van der Waals surface area contributed by atoms with Crippen molar-refractivity contribution in [1.82, 2.24) is 4.98 Å². The van der Waals surface area contributed by atoms with E-state index in [-0.39, 0.29) is 5.78 Å². The van der Waals surface area contributed by atoms with Gasteiger partial charge in [-0.15, -0.1) is 0 Å². The second-order valence-corrected chi connectivity index (χ2v) is 2.26. The number of nitrogens with one attached hydrogen (secondary N) is 1. The van der Waals surface area contributed by atoms with Crippen LogP contribution in [-0.4, -0.2) is 10.8 Å². The molecule has 1 N–H and O–H groups in total. The third-order valence-corrected chi connectivity index (χ3v) is 1.38. The number of hydrogen-bond donors (Lipinski definition) is 1. The molecule has 10 heavy (non-hydrogen) atoms. The molecule has 0 spiro atoms. The fraction of sp³-hybridized carbons (Fsp3) is 0.375. The molecule has 2 heteroatoms. The lowest BCUT2D eigenvalue weighted by Crippen LogP contribution is -1.97. The summed E-state index contributed by atoms with van der Waals surface area (Å²) in [7, 11) is 0. The highest BCUT2D eigenvalue weighted by molar-refractivity contribution is 5.94. The topological polar surface area (TPSA) is 32.9 Å². The van der Waals surface area contributed by atoms with Crippen molar-refractivity contribution >= 4 is 5.78 Å². The lowest BCUT2D eigenvalue weighted by molar-refractivity contribution is 0.0977. The Hall–Kier alpha value is -1.05. The van der Waals surface area contributed by atoms with E-state index in [1.54, 1.807) is 12.3 Å². The van der Waals surface area contributed by atoms with Crippen molar-refractivity contribution in [1.29, 1.82) is 0 Å². The molecule has 2 nitrogen and oxygen atoms in total. The minimum atomic E-state index is 0.201. The Kier molecular flexibility index (Phi) is 2.26. The zero-order chi connectivity index (χ0) is 7.40. The average molecular weight is 137 g/mol. The Balaban J connectivity index is 2.59. The van der Waals surface area contributed by atoms with E-state index in [4.69, 9.17) is 0 Å². The van der Waals surface area contributed by atoms with Gasteiger partial charge in [-0.1, -0.05) is 6.92 Å². The molecule has 0 unspecified atom stereocenters. The van der Waals surface area contributed by atoms with Crippen molar-refractivity contribution in [2.75, 3.05) is 0 Å². The van der Waals surface area contributed by atoms with Crippen LogP contribution in [0.3, 0.4) is 0 Å². The second kappa shape index (κ2) is 3.20. The predicted molar refractivity (Wildman–Crippen MR) is 40.0 cm³/mol. The molecule has 0 radical (unpaired) electrons. The molecule has 0 aromatic carbocycles. The van der Waals surface area contributed by atoms with Gasteiger partial charge in [-0.05, 0) is 18.6 Å². The molecule has 0 saturated heterocycles. The summed E-state index contributed by atoms with van der Waals surface area (Å²) in [4.78, 5) is 13.9. The van der Waals surface area contributed by atoms with E-state index in [9.17, 15) is 4.79 Å². The van der Waals surface area contributed by atoms with E-state index in [1.165, 1.54) is 0 Å². The monoisotopic (exact) mass is 137 g/mol. The van der Waals surface area contributed by atoms with Gasteiger partial charge in [0.25, 0.3) is 0 Å². The molecule has 54 valence electrons. The Morgan fingerprint density at radius 2 is 2.50 bits per heavy atom. The van der Waals surface area contributed by atoms with Crippen LogP contribution in [0.1, 0.15) is 30.3 Å². The first-order chi connectivity index (χ1) is 4.84. The number of carbonyl (C=O) groups is 1. The summed E-state index contributed by atoms with van der Waals surface area (Å²) in [5.74, 6) is 0.201. The van der Waals surface area contributed by atoms with Crippen molar-refractivity contribution in [3.63, 3.8) is 0 Å². The first-order valence-corrected chi connectivity index (χ1v) is 3.51. The summed E-state index contributed by atoms with van der Waals surface area (Å²) < 4.78 is 0. The summed E-state index contributed by atoms with van der Waals surface area (Å²) >= 11 is 0. The molecule has 0 saturated carbocycles. The number of rotatable bonds is 3. The highest BCUT2D eigenvalue weighted by atomic mass is 16.1. The molecule has 0 aliphatic rings. The van der Waals surface area contributed by atoms with Crippen LogP contribution < -0.4 is 0 Å². The third-order valence-electron chi connectivity index (χ3n) is 1.38. The van der Waals surface area contributed by atoms with Gasteiger partial charge >= 0.3 is 0 Å². The molecule has 1 aromatic rings. The molecule has 1 heterocycles. The largest absolute Gasteiger partial charge is 0.359 e. The number of aromatic amines is 1. The summed E-state index contributed by atoms with van der Waals surface area (Å²) in [5, 5.41) is 0. The Morgan fingerprint density at radius 3 is 3.00 bits per heavy atom. The maximum atomic E-state index is 11.1. The van der Waals surface area contributed by atoms with Gasteiger partial charge in [-0.25, -0.2) is 0 Å². The van der Waals surface area contributed by atoms with Gasteiger partial charge in [-0.3, -0.25) is 4.79 Å². The summed E-state index contributed by atoms with van der Waals surface area (Å²) in [6.07, 6.45) is 3.32. The van der Waals surface area contributed by atoms with Gasteiger partial charge in [0.15, 0.2) is 5.78 Å². The number of Topliss-reactive ketones (excluding diaryl/α,β-unsaturated/α-hetero) is 1. The van der Waals surface area contributed by atoms with Gasteiger partial charge in [0, 0.05) is 12.6 Å². The van der Waals surface area contributed by atoms with Crippen molar-refractivity contribution in [2.45, 2.75) is 19.8 Å². The Morgan fingerprint density at radius 1 is 1.70 bits per heavy atom. The first-order valence-electron chi connectivity index (χ1n) is 3.51. The van der Waals surface area contributed by atoms with Crippen molar-refractivity contribution in [2.24, 2.45) is 0 Å². The van der Waals surface area contributed by atoms with E-state index in [1.807, 2.05) is 13.0 Å². The maximum absolute atomic E-state index is 11.1. The SMILES string of the molecule is CCCC(=O)c1ccc[nH]1. The number of H-pyrrole nitrogens is 1. The molecule has 0 aliphatic carbocycles. The predicted octanol–water partition coefficient (Wildman–Crippen LogP) is 2.00. The van der Waals surface area contributed by atoms with E-state index in [2.05, 4.69) is 4.98 Å². The quantitative estimate of drug-likeness (QED) is 0.635. The zero-order valence-corrected chi connectivity index (χ0v) is 6.05. The van der Waals surface area contributed by atoms with Gasteiger partial charge in [-0.2, -0.15) is 0 Å². The van der Waals surface area contributed by atoms with E-state index in [0.717, 1.165) is 12.1 Å². The van der Waals surface area contributed by atoms with Gasteiger partial charge in [0.2, 0.25) is 0 Å². The first kappa shape index (κ1) is 7.06. The highest BCUT2D eigenvalue weighted by Crippen LogP contribution is 2.00. The molecule has 0 aliphatic heterocycles. The fourth-order valence-corrected chi connectivity index (χ4v) is 0.866. The van der Waals surface area contributed by atoms with Crippen LogP contribution in [0.4, 0.5) is 0 Å². The van der Waals surface area contributed by atoms with E-state index in [0.29, 0.717) is 6.42 Å². The fourth-order valence-electron chi connectivity index (χ4n) is 0.866. The summed E-state index contributed by atoms with van der Waals surface area (Å²) in [6, 6.07) is 3.64. The van der Waals surface area contributed by atoms with Gasteiger partial charge in [0.05, 0.1) is 5.69 Å². The Bertz CT molecular complexity index is 201. The van der Waals surface area contributed by atoms with Crippen molar-refractivity contribution in [3.05, 3.63) is 24.0 Å². The van der Waals surface area contributed by atoms with Crippen LogP contribution in [-0.2, 0) is 0 Å². The second-order valence-electron chi connectivity index (χ2n) is 2.26. The normalized spacial score (nSPS) is 9.70. The molecular formula is C8H11NO. The number of ketones is 1. The highest BCUT2D eigenvalue weighted by Gasteiger charge is 2.02. The third kappa shape index (κ3) is 1.47. The zero-order valence-electron chi connectivity index (χ0n) is 6.05. The standard InChI is InChI=1S/C8H11NO/c1-2-4-8(10)7-5-3-6-9-7/h3,5-6,9H,2,4H2,1H3. The Labute approximate surface area is 60.3 Å². The number of hydrogen-bond acceptors (Lipinski definition) is 1. The van der Waals surface area contributed by atoms with Crippen molar-refractivity contribution < 1.29 is 4.79 Å².